The molecule has 0 spiro atoms. The van der Waals surface area contributed by atoms with Crippen molar-refractivity contribution in [2.45, 2.75) is 39.8 Å². The first kappa shape index (κ1) is 31.6. The van der Waals surface area contributed by atoms with Crippen molar-refractivity contribution >= 4 is 48.3 Å². The Bertz CT molecular complexity index is 1710. The molecule has 3 heterocycles. The summed E-state index contributed by atoms with van der Waals surface area (Å²) in [4.78, 5) is 46.9. The van der Waals surface area contributed by atoms with Crippen LogP contribution in [-0.2, 0) is 25.9 Å². The molecule has 1 aromatic heterocycles. The van der Waals surface area contributed by atoms with Crippen LogP contribution in [0.1, 0.15) is 46.6 Å². The Labute approximate surface area is 276 Å². The molecule has 6 rings (SSSR count). The number of para-hydroxylation sites is 2. The van der Waals surface area contributed by atoms with E-state index in [9.17, 15) is 14.4 Å². The molecular weight excluding hydrogens is 643 g/mol. The Kier molecular flexibility index (Phi) is 9.56. The van der Waals surface area contributed by atoms with Gasteiger partial charge in [-0.3, -0.25) is 0 Å². The second-order valence-corrected chi connectivity index (χ2v) is 14.1. The normalized spacial score (nSPS) is 14.9. The van der Waals surface area contributed by atoms with Gasteiger partial charge in [0.2, 0.25) is 0 Å². The standard InChI is InChI=1S/C35H39AsN6O4/c1-4-24-10-9-11-25(5-2)31(24)37-34(44)41-22-29-30(23-41)42(35(45)46-28-12-7-6-8-13-28)38-32(29)36-33(43)26-14-16-27(17-15-26)40-20-18-39(3)19-21-40/h6-17,36H,4-5,18-23H2,1-3H3,(H,37,44). The number of hydrogen-bond donors (Lipinski definition) is 1. The number of piperazine rings is 1. The number of nitrogens with one attached hydrogen (secondary N) is 1. The van der Waals surface area contributed by atoms with E-state index in [0.29, 0.717) is 21.5 Å². The van der Waals surface area contributed by atoms with Gasteiger partial charge in [-0.2, -0.15) is 0 Å². The summed E-state index contributed by atoms with van der Waals surface area (Å²) >= 11 is -1.45. The number of fused-ring (bicyclic) bond motifs is 1. The van der Waals surface area contributed by atoms with E-state index in [0.717, 1.165) is 67.1 Å². The third-order valence-electron chi connectivity index (χ3n) is 8.65. The molecule has 1 saturated heterocycles. The van der Waals surface area contributed by atoms with Crippen LogP contribution in [-0.4, -0.2) is 85.3 Å². The predicted octanol–water partition coefficient (Wildman–Crippen LogP) is 4.26. The molecule has 2 aliphatic heterocycles. The minimum absolute atomic E-state index is 0.0150. The van der Waals surface area contributed by atoms with Crippen molar-refractivity contribution in [1.82, 2.24) is 19.6 Å². The van der Waals surface area contributed by atoms with Crippen LogP contribution in [0.25, 0.3) is 0 Å². The van der Waals surface area contributed by atoms with Crippen LogP contribution in [0.15, 0.2) is 72.8 Å². The fraction of sp³-hybridized carbons (Fsp3) is 0.314. The Balaban J connectivity index is 1.23. The molecule has 3 aromatic carbocycles. The zero-order valence-corrected chi connectivity index (χ0v) is 28.6. The number of nitrogens with zero attached hydrogens (tertiary/aromatic N) is 5. The Morgan fingerprint density at radius 1 is 0.848 bits per heavy atom. The molecule has 1 N–H and O–H groups in total. The molecule has 2 aliphatic rings. The third-order valence-corrected chi connectivity index (χ3v) is 11.1. The summed E-state index contributed by atoms with van der Waals surface area (Å²) in [6, 6.07) is 22.4. The molecule has 0 saturated carbocycles. The Morgan fingerprint density at radius 2 is 1.52 bits per heavy atom. The zero-order chi connectivity index (χ0) is 32.2. The van der Waals surface area contributed by atoms with Gasteiger partial charge in [-0.05, 0) is 0 Å². The summed E-state index contributed by atoms with van der Waals surface area (Å²) in [6.07, 6.45) is 0.908. The molecule has 10 nitrogen and oxygen atoms in total. The van der Waals surface area contributed by atoms with E-state index in [1.165, 1.54) is 4.68 Å². The van der Waals surface area contributed by atoms with E-state index >= 15 is 0 Å². The van der Waals surface area contributed by atoms with Crippen molar-refractivity contribution < 1.29 is 19.1 Å². The van der Waals surface area contributed by atoms with Crippen LogP contribution >= 0.6 is 0 Å². The Morgan fingerprint density at radius 3 is 2.17 bits per heavy atom. The molecule has 0 bridgehead atoms. The van der Waals surface area contributed by atoms with Gasteiger partial charge in [0.25, 0.3) is 0 Å². The molecule has 46 heavy (non-hydrogen) atoms. The maximum absolute atomic E-state index is 13.6. The fourth-order valence-electron chi connectivity index (χ4n) is 5.93. The topological polar surface area (TPSA) is 100 Å². The van der Waals surface area contributed by atoms with Gasteiger partial charge in [0.05, 0.1) is 0 Å². The van der Waals surface area contributed by atoms with E-state index in [1.807, 2.05) is 48.5 Å². The molecule has 1 fully saturated rings. The summed E-state index contributed by atoms with van der Waals surface area (Å²) in [5, 5.41) is 7.76. The van der Waals surface area contributed by atoms with Crippen LogP contribution in [0.5, 0.6) is 5.75 Å². The second-order valence-electron chi connectivity index (χ2n) is 11.6. The summed E-state index contributed by atoms with van der Waals surface area (Å²) in [5.74, 6) is 0.390. The molecule has 1 atom stereocenters. The van der Waals surface area contributed by atoms with Gasteiger partial charge in [0.1, 0.15) is 0 Å². The molecule has 1 unspecified atom stereocenters. The van der Waals surface area contributed by atoms with E-state index < -0.39 is 21.8 Å². The molecule has 11 heteroatoms. The summed E-state index contributed by atoms with van der Waals surface area (Å²) in [6.45, 7) is 8.48. The van der Waals surface area contributed by atoms with E-state index in [4.69, 9.17) is 4.74 Å². The van der Waals surface area contributed by atoms with E-state index in [2.05, 4.69) is 41.1 Å². The van der Waals surface area contributed by atoms with Crippen molar-refractivity contribution in [3.8, 4) is 5.75 Å². The van der Waals surface area contributed by atoms with Crippen LogP contribution in [0.3, 0.4) is 0 Å². The van der Waals surface area contributed by atoms with Gasteiger partial charge < -0.3 is 0 Å². The third kappa shape index (κ3) is 6.73. The van der Waals surface area contributed by atoms with Crippen LogP contribution in [0.4, 0.5) is 21.0 Å². The van der Waals surface area contributed by atoms with E-state index in [1.54, 1.807) is 29.2 Å². The zero-order valence-electron chi connectivity index (χ0n) is 26.5. The van der Waals surface area contributed by atoms with Crippen LogP contribution in [0, 0.1) is 0 Å². The number of likely N-dealkylation sites (N-methyl/N-ethyl adjacent to an activating group) is 1. The Hall–Kier alpha value is -4.40. The first-order valence-electron chi connectivity index (χ1n) is 15.7. The van der Waals surface area contributed by atoms with Crippen LogP contribution in [0.2, 0.25) is 0 Å². The second kappa shape index (κ2) is 13.9. The van der Waals surface area contributed by atoms with E-state index in [-0.39, 0.29) is 23.7 Å². The first-order chi connectivity index (χ1) is 22.3. The number of ether oxygens (including phenoxy) is 1. The molecule has 2 amide bonds. The number of anilines is 2. The van der Waals surface area contributed by atoms with Crippen molar-refractivity contribution in [3.63, 3.8) is 0 Å². The first-order valence-corrected chi connectivity index (χ1v) is 17.8. The van der Waals surface area contributed by atoms with Crippen molar-refractivity contribution in [2.75, 3.05) is 43.4 Å². The number of aryl methyl sites for hydroxylation is 2. The number of rotatable bonds is 8. The van der Waals surface area contributed by atoms with Crippen LogP contribution < -0.4 is 19.4 Å². The SMILES string of the molecule is CCc1cccc(CC)c1NC(=O)N1Cc2c([AsH]C(=O)c3ccc(N4CCN(C)CC4)cc3)nn(C(=O)Oc3ccccc3)c2C1. The average molecular weight is 683 g/mol. The van der Waals surface area contributed by atoms with Crippen molar-refractivity contribution in [1.29, 1.82) is 0 Å². The quantitative estimate of drug-likeness (QED) is 0.278. The number of aromatic nitrogens is 2. The summed E-state index contributed by atoms with van der Waals surface area (Å²) in [7, 11) is 2.13. The number of hydrogen-bond acceptors (Lipinski definition) is 7. The molecule has 238 valence electrons. The summed E-state index contributed by atoms with van der Waals surface area (Å²) in [5.41, 5.74) is 6.04. The average Bonchev–Trinajstić information content (AvgIpc) is 3.66. The maximum atomic E-state index is 13.6. The number of urea groups is 1. The summed E-state index contributed by atoms with van der Waals surface area (Å²) < 4.78 is 7.46. The van der Waals surface area contributed by atoms with Gasteiger partial charge in [0, 0.05) is 0 Å². The van der Waals surface area contributed by atoms with Gasteiger partial charge in [0.15, 0.2) is 0 Å². The monoisotopic (exact) mass is 682 g/mol. The minimum atomic E-state index is -1.45. The predicted molar refractivity (Wildman–Crippen MR) is 181 cm³/mol. The number of carbonyl (C=O) groups excluding carboxylic acids is 3. The molecule has 0 aliphatic carbocycles. The van der Waals surface area contributed by atoms with Gasteiger partial charge in [-0.25, -0.2) is 0 Å². The molecular formula is C35H39AsN6O4. The van der Waals surface area contributed by atoms with Gasteiger partial charge in [-0.15, -0.1) is 0 Å². The van der Waals surface area contributed by atoms with Crippen molar-refractivity contribution in [2.24, 2.45) is 0 Å². The number of carbonyl (C=O) groups is 3. The number of benzene rings is 3. The van der Waals surface area contributed by atoms with Gasteiger partial charge in [-0.1, -0.05) is 0 Å². The molecule has 4 aromatic rings. The number of amides is 2. The van der Waals surface area contributed by atoms with Gasteiger partial charge >= 0.3 is 277 Å². The molecule has 0 radical (unpaired) electrons. The van der Waals surface area contributed by atoms with Crippen molar-refractivity contribution in [3.05, 3.63) is 101 Å². The fourth-order valence-corrected chi connectivity index (χ4v) is 8.13.